The second kappa shape index (κ2) is 15.5. The van der Waals surface area contributed by atoms with Gasteiger partial charge in [-0.2, -0.15) is 0 Å². The van der Waals surface area contributed by atoms with Crippen molar-refractivity contribution in [3.8, 4) is 0 Å². The molecule has 0 rings (SSSR count). The molecule has 5 nitrogen and oxygen atoms in total. The Balaban J connectivity index is 3.53. The van der Waals surface area contributed by atoms with Gasteiger partial charge in [-0.15, -0.1) is 0 Å². The molecule has 134 valence electrons. The smallest absolute Gasteiger partial charge is 0.306 e. The van der Waals surface area contributed by atoms with Crippen LogP contribution in [0.4, 0.5) is 0 Å². The molecule has 1 N–H and O–H groups in total. The molecule has 0 aromatic rings. The van der Waals surface area contributed by atoms with Crippen LogP contribution in [0.5, 0.6) is 0 Å². The van der Waals surface area contributed by atoms with Crippen molar-refractivity contribution >= 4 is 11.9 Å². The highest BCUT2D eigenvalue weighted by atomic mass is 16.6. The van der Waals surface area contributed by atoms with E-state index >= 15 is 0 Å². The number of aliphatic hydroxyl groups excluding tert-OH is 1. The van der Waals surface area contributed by atoms with Gasteiger partial charge in [0, 0.05) is 13.3 Å². The zero-order valence-electron chi connectivity index (χ0n) is 14.6. The minimum atomic E-state index is -0.763. The molecule has 1 unspecified atom stereocenters. The molecule has 5 heteroatoms. The molecule has 0 saturated carbocycles. The lowest BCUT2D eigenvalue weighted by atomic mass is 10.1. The molecule has 0 radical (unpaired) electrons. The summed E-state index contributed by atoms with van der Waals surface area (Å²) in [6.45, 7) is 3.01. The van der Waals surface area contributed by atoms with E-state index < -0.39 is 12.1 Å². The fourth-order valence-electron chi connectivity index (χ4n) is 2.04. The van der Waals surface area contributed by atoms with Crippen LogP contribution >= 0.6 is 0 Å². The van der Waals surface area contributed by atoms with Crippen molar-refractivity contribution in [2.45, 2.75) is 77.7 Å². The molecule has 0 spiro atoms. The molecular formula is C18H32O5. The summed E-state index contributed by atoms with van der Waals surface area (Å²) in [5, 5.41) is 9.06. The first-order valence-corrected chi connectivity index (χ1v) is 8.68. The standard InChI is InChI=1S/C18H32O5/c1-3-4-5-6-7-8-9-10-11-12-13-18(21)23-17(14-19)15-22-16(2)20/h5-6,17,19H,3-4,7-15H2,1-2H3/b6-5-. The van der Waals surface area contributed by atoms with E-state index in [0.29, 0.717) is 6.42 Å². The molecule has 0 fully saturated rings. The van der Waals surface area contributed by atoms with E-state index in [9.17, 15) is 9.59 Å². The first-order valence-electron chi connectivity index (χ1n) is 8.68. The predicted octanol–water partition coefficient (Wildman–Crippen LogP) is 3.54. The molecule has 0 bridgehead atoms. The number of rotatable bonds is 14. The summed E-state index contributed by atoms with van der Waals surface area (Å²) in [6.07, 6.45) is 12.8. The summed E-state index contributed by atoms with van der Waals surface area (Å²) in [6, 6.07) is 0. The maximum absolute atomic E-state index is 11.6. The van der Waals surface area contributed by atoms with Gasteiger partial charge in [0.15, 0.2) is 6.10 Å². The zero-order chi connectivity index (χ0) is 17.3. The van der Waals surface area contributed by atoms with Gasteiger partial charge in [0.2, 0.25) is 0 Å². The van der Waals surface area contributed by atoms with Crippen molar-refractivity contribution in [1.29, 1.82) is 0 Å². The second-order valence-corrected chi connectivity index (χ2v) is 5.66. The molecule has 0 aromatic heterocycles. The second-order valence-electron chi connectivity index (χ2n) is 5.66. The van der Waals surface area contributed by atoms with E-state index in [1.165, 1.54) is 26.2 Å². The number of hydrogen-bond acceptors (Lipinski definition) is 5. The summed E-state index contributed by atoms with van der Waals surface area (Å²) < 4.78 is 9.78. The Morgan fingerprint density at radius 3 is 2.35 bits per heavy atom. The minimum Gasteiger partial charge on any atom is -0.462 e. The number of aliphatic hydroxyl groups is 1. The number of unbranched alkanes of at least 4 members (excludes halogenated alkanes) is 6. The Morgan fingerprint density at radius 1 is 1.04 bits per heavy atom. The van der Waals surface area contributed by atoms with Gasteiger partial charge < -0.3 is 14.6 Å². The van der Waals surface area contributed by atoms with Crippen LogP contribution in [0.2, 0.25) is 0 Å². The number of ether oxygens (including phenoxy) is 2. The lowest BCUT2D eigenvalue weighted by Crippen LogP contribution is -2.28. The van der Waals surface area contributed by atoms with Crippen LogP contribution in [-0.2, 0) is 19.1 Å². The summed E-state index contributed by atoms with van der Waals surface area (Å²) in [7, 11) is 0. The Morgan fingerprint density at radius 2 is 1.70 bits per heavy atom. The highest BCUT2D eigenvalue weighted by molar-refractivity contribution is 5.69. The van der Waals surface area contributed by atoms with Gasteiger partial charge in [0.05, 0.1) is 6.61 Å². The van der Waals surface area contributed by atoms with Crippen LogP contribution in [0.3, 0.4) is 0 Å². The van der Waals surface area contributed by atoms with Gasteiger partial charge >= 0.3 is 11.9 Å². The fourth-order valence-corrected chi connectivity index (χ4v) is 2.04. The van der Waals surface area contributed by atoms with Crippen molar-refractivity contribution in [2.75, 3.05) is 13.2 Å². The van der Waals surface area contributed by atoms with E-state index in [0.717, 1.165) is 32.1 Å². The highest BCUT2D eigenvalue weighted by Crippen LogP contribution is 2.09. The van der Waals surface area contributed by atoms with Gasteiger partial charge in [0.1, 0.15) is 6.61 Å². The molecule has 0 aliphatic heterocycles. The lowest BCUT2D eigenvalue weighted by molar-refractivity contribution is -0.160. The van der Waals surface area contributed by atoms with Gasteiger partial charge in [-0.1, -0.05) is 44.8 Å². The lowest BCUT2D eigenvalue weighted by Gasteiger charge is -2.15. The van der Waals surface area contributed by atoms with Crippen LogP contribution in [-0.4, -0.2) is 36.4 Å². The third-order valence-corrected chi connectivity index (χ3v) is 3.35. The summed E-state index contributed by atoms with van der Waals surface area (Å²) in [5.41, 5.74) is 0. The maximum Gasteiger partial charge on any atom is 0.306 e. The highest BCUT2D eigenvalue weighted by Gasteiger charge is 2.14. The molecule has 0 heterocycles. The monoisotopic (exact) mass is 328 g/mol. The third kappa shape index (κ3) is 15.3. The largest absolute Gasteiger partial charge is 0.462 e. The van der Waals surface area contributed by atoms with Gasteiger partial charge in [-0.25, -0.2) is 0 Å². The summed E-state index contributed by atoms with van der Waals surface area (Å²) in [4.78, 5) is 22.3. The molecule has 0 aliphatic carbocycles. The summed E-state index contributed by atoms with van der Waals surface area (Å²) in [5.74, 6) is -0.803. The van der Waals surface area contributed by atoms with E-state index in [2.05, 4.69) is 19.1 Å². The van der Waals surface area contributed by atoms with Crippen molar-refractivity contribution in [3.63, 3.8) is 0 Å². The van der Waals surface area contributed by atoms with Crippen LogP contribution < -0.4 is 0 Å². The number of carbonyl (C=O) groups excluding carboxylic acids is 2. The Bertz CT molecular complexity index is 338. The molecule has 0 aromatic carbocycles. The van der Waals surface area contributed by atoms with E-state index in [4.69, 9.17) is 14.6 Å². The number of esters is 2. The fraction of sp³-hybridized carbons (Fsp3) is 0.778. The zero-order valence-corrected chi connectivity index (χ0v) is 14.6. The Hall–Kier alpha value is -1.36. The number of allylic oxidation sites excluding steroid dienone is 2. The summed E-state index contributed by atoms with van der Waals surface area (Å²) >= 11 is 0. The van der Waals surface area contributed by atoms with Crippen LogP contribution in [0, 0.1) is 0 Å². The Labute approximate surface area is 140 Å². The third-order valence-electron chi connectivity index (χ3n) is 3.35. The first-order chi connectivity index (χ1) is 11.1. The van der Waals surface area contributed by atoms with Crippen LogP contribution in [0.25, 0.3) is 0 Å². The molecular weight excluding hydrogens is 296 g/mol. The topological polar surface area (TPSA) is 72.8 Å². The van der Waals surface area contributed by atoms with E-state index in [-0.39, 0.29) is 19.2 Å². The Kier molecular flexibility index (Phi) is 14.6. The van der Waals surface area contributed by atoms with E-state index in [1.54, 1.807) is 0 Å². The van der Waals surface area contributed by atoms with Gasteiger partial charge in [0.25, 0.3) is 0 Å². The maximum atomic E-state index is 11.6. The van der Waals surface area contributed by atoms with Crippen molar-refractivity contribution < 1.29 is 24.2 Å². The quantitative estimate of drug-likeness (QED) is 0.300. The van der Waals surface area contributed by atoms with Crippen molar-refractivity contribution in [1.82, 2.24) is 0 Å². The predicted molar refractivity (Wildman–Crippen MR) is 90.0 cm³/mol. The molecule has 0 aliphatic rings. The normalized spacial score (nSPS) is 12.3. The van der Waals surface area contributed by atoms with Gasteiger partial charge in [-0.3, -0.25) is 9.59 Å². The van der Waals surface area contributed by atoms with E-state index in [1.807, 2.05) is 0 Å². The molecule has 23 heavy (non-hydrogen) atoms. The SMILES string of the molecule is CCC/C=C\CCCCCCCC(=O)OC(CO)COC(C)=O. The molecule has 0 saturated heterocycles. The molecule has 0 amide bonds. The minimum absolute atomic E-state index is 0.0941. The average molecular weight is 328 g/mol. The molecule has 1 atom stereocenters. The van der Waals surface area contributed by atoms with Gasteiger partial charge in [-0.05, 0) is 25.7 Å². The number of hydrogen-bond donors (Lipinski definition) is 1. The van der Waals surface area contributed by atoms with Crippen molar-refractivity contribution in [3.05, 3.63) is 12.2 Å². The number of carbonyl (C=O) groups is 2. The van der Waals surface area contributed by atoms with Crippen molar-refractivity contribution in [2.24, 2.45) is 0 Å². The first kappa shape index (κ1) is 21.6. The average Bonchev–Trinajstić information content (AvgIpc) is 2.53. The van der Waals surface area contributed by atoms with Crippen LogP contribution in [0.15, 0.2) is 12.2 Å². The van der Waals surface area contributed by atoms with Crippen LogP contribution in [0.1, 0.15) is 71.6 Å².